The fourth-order valence-electron chi connectivity index (χ4n) is 2.91. The van der Waals surface area contributed by atoms with Crippen LogP contribution in [0.3, 0.4) is 0 Å². The summed E-state index contributed by atoms with van der Waals surface area (Å²) >= 11 is 0. The first-order valence-corrected chi connectivity index (χ1v) is 8.71. The fraction of sp³-hybridized carbons (Fsp3) is 0.381. The van der Waals surface area contributed by atoms with E-state index in [1.165, 1.54) is 13.0 Å². The van der Waals surface area contributed by atoms with Gasteiger partial charge in [0.25, 0.3) is 0 Å². The van der Waals surface area contributed by atoms with Crippen molar-refractivity contribution in [2.45, 2.75) is 52.1 Å². The van der Waals surface area contributed by atoms with E-state index in [-0.39, 0.29) is 18.4 Å². The maximum atomic E-state index is 14.4. The number of unbranched alkanes of at least 4 members (excludes halogenated alkanes) is 1. The summed E-state index contributed by atoms with van der Waals surface area (Å²) in [5, 5.41) is 0. The van der Waals surface area contributed by atoms with Gasteiger partial charge in [-0.15, -0.1) is 0 Å². The molecule has 26 heavy (non-hydrogen) atoms. The SMILES string of the molecule is CCC(=O)c1ccc(CCCCc2ccc(C)cc2)c(F)c1C(F)(F)F. The van der Waals surface area contributed by atoms with Gasteiger partial charge in [-0.2, -0.15) is 13.2 Å². The Morgan fingerprint density at radius 1 is 0.962 bits per heavy atom. The summed E-state index contributed by atoms with van der Waals surface area (Å²) in [6.07, 6.45) is -2.66. The van der Waals surface area contributed by atoms with Gasteiger partial charge in [0.15, 0.2) is 5.78 Å². The Labute approximate surface area is 151 Å². The molecule has 0 saturated carbocycles. The van der Waals surface area contributed by atoms with Crippen LogP contribution in [0.25, 0.3) is 0 Å². The zero-order chi connectivity index (χ0) is 19.3. The molecule has 2 aromatic rings. The Morgan fingerprint density at radius 2 is 1.58 bits per heavy atom. The van der Waals surface area contributed by atoms with Crippen LogP contribution in [0.5, 0.6) is 0 Å². The molecule has 2 aromatic carbocycles. The molecule has 0 aliphatic carbocycles. The number of ketones is 1. The van der Waals surface area contributed by atoms with Gasteiger partial charge in [-0.25, -0.2) is 4.39 Å². The van der Waals surface area contributed by atoms with Crippen molar-refractivity contribution in [3.8, 4) is 0 Å². The number of Topliss-reactive ketones (excluding diaryl/α,β-unsaturated/α-hetero) is 1. The molecule has 5 heteroatoms. The molecular weight excluding hydrogens is 344 g/mol. The molecule has 1 nitrogen and oxygen atoms in total. The summed E-state index contributed by atoms with van der Waals surface area (Å²) in [5.41, 5.74) is 0.309. The second kappa shape index (κ2) is 8.47. The smallest absolute Gasteiger partial charge is 0.294 e. The van der Waals surface area contributed by atoms with E-state index >= 15 is 0 Å². The molecule has 0 heterocycles. The number of carbonyl (C=O) groups excluding carboxylic acids is 1. The summed E-state index contributed by atoms with van der Waals surface area (Å²) in [6.45, 7) is 3.46. The van der Waals surface area contributed by atoms with Gasteiger partial charge in [0.1, 0.15) is 11.4 Å². The summed E-state index contributed by atoms with van der Waals surface area (Å²) < 4.78 is 54.2. The van der Waals surface area contributed by atoms with E-state index in [0.29, 0.717) is 6.42 Å². The molecule has 0 fully saturated rings. The van der Waals surface area contributed by atoms with E-state index in [0.717, 1.165) is 30.0 Å². The van der Waals surface area contributed by atoms with Crippen molar-refractivity contribution in [1.82, 2.24) is 0 Å². The van der Waals surface area contributed by atoms with E-state index in [2.05, 4.69) is 0 Å². The van der Waals surface area contributed by atoms with Crippen molar-refractivity contribution >= 4 is 5.78 Å². The molecule has 0 spiro atoms. The maximum Gasteiger partial charge on any atom is 0.419 e. The number of carbonyl (C=O) groups is 1. The third-order valence-electron chi connectivity index (χ3n) is 4.41. The molecule has 0 radical (unpaired) electrons. The Kier molecular flexibility index (Phi) is 6.57. The van der Waals surface area contributed by atoms with Crippen LogP contribution in [0.2, 0.25) is 0 Å². The summed E-state index contributed by atoms with van der Waals surface area (Å²) in [4.78, 5) is 11.7. The normalized spacial score (nSPS) is 11.6. The minimum atomic E-state index is -4.89. The maximum absolute atomic E-state index is 14.4. The van der Waals surface area contributed by atoms with Crippen molar-refractivity contribution < 1.29 is 22.4 Å². The predicted molar refractivity (Wildman–Crippen MR) is 93.8 cm³/mol. The van der Waals surface area contributed by atoms with Crippen LogP contribution in [0, 0.1) is 12.7 Å². The van der Waals surface area contributed by atoms with Gasteiger partial charge in [-0.3, -0.25) is 4.79 Å². The minimum absolute atomic E-state index is 0.00823. The quantitative estimate of drug-likeness (QED) is 0.319. The van der Waals surface area contributed by atoms with Crippen LogP contribution in [-0.4, -0.2) is 5.78 Å². The number of hydrogen-bond acceptors (Lipinski definition) is 1. The molecule has 0 atom stereocenters. The highest BCUT2D eigenvalue weighted by Crippen LogP contribution is 2.36. The molecule has 0 aliphatic rings. The third-order valence-corrected chi connectivity index (χ3v) is 4.41. The van der Waals surface area contributed by atoms with Crippen molar-refractivity contribution in [2.24, 2.45) is 0 Å². The van der Waals surface area contributed by atoms with Crippen LogP contribution in [0.1, 0.15) is 58.8 Å². The summed E-state index contributed by atoms with van der Waals surface area (Å²) in [7, 11) is 0. The standard InChI is InChI=1S/C21H22F4O/c1-3-18(26)17-13-12-16(20(22)19(17)21(23,24)25)7-5-4-6-15-10-8-14(2)9-11-15/h8-13H,3-7H2,1-2H3. The number of halogens is 4. The predicted octanol–water partition coefficient (Wildman–Crippen LogP) is 6.31. The highest BCUT2D eigenvalue weighted by molar-refractivity contribution is 5.97. The fourth-order valence-corrected chi connectivity index (χ4v) is 2.91. The zero-order valence-corrected chi connectivity index (χ0v) is 14.9. The highest BCUT2D eigenvalue weighted by Gasteiger charge is 2.39. The Balaban J connectivity index is 2.09. The average molecular weight is 366 g/mol. The average Bonchev–Trinajstić information content (AvgIpc) is 2.59. The Morgan fingerprint density at radius 3 is 2.15 bits per heavy atom. The van der Waals surface area contributed by atoms with Crippen LogP contribution in [0.15, 0.2) is 36.4 Å². The molecule has 0 aromatic heterocycles. The molecule has 0 N–H and O–H groups in total. The Hall–Kier alpha value is -2.17. The second-order valence-electron chi connectivity index (χ2n) is 6.43. The zero-order valence-electron chi connectivity index (χ0n) is 14.9. The van der Waals surface area contributed by atoms with E-state index in [1.54, 1.807) is 0 Å². The van der Waals surface area contributed by atoms with Crippen molar-refractivity contribution in [2.75, 3.05) is 0 Å². The summed E-state index contributed by atoms with van der Waals surface area (Å²) in [6, 6.07) is 10.5. The van der Waals surface area contributed by atoms with Gasteiger partial charge < -0.3 is 0 Å². The van der Waals surface area contributed by atoms with Crippen LogP contribution in [0.4, 0.5) is 17.6 Å². The first-order valence-electron chi connectivity index (χ1n) is 8.71. The van der Waals surface area contributed by atoms with Crippen molar-refractivity contribution in [3.63, 3.8) is 0 Å². The highest BCUT2D eigenvalue weighted by atomic mass is 19.4. The van der Waals surface area contributed by atoms with Gasteiger partial charge in [0.05, 0.1) is 0 Å². The largest absolute Gasteiger partial charge is 0.419 e. The second-order valence-corrected chi connectivity index (χ2v) is 6.43. The van der Waals surface area contributed by atoms with E-state index in [4.69, 9.17) is 0 Å². The van der Waals surface area contributed by atoms with Gasteiger partial charge in [-0.05, 0) is 43.7 Å². The molecule has 0 saturated heterocycles. The lowest BCUT2D eigenvalue weighted by atomic mass is 9.95. The Bertz CT molecular complexity index is 761. The van der Waals surface area contributed by atoms with Crippen molar-refractivity contribution in [3.05, 3.63) is 70.0 Å². The summed E-state index contributed by atoms with van der Waals surface area (Å²) in [5.74, 6) is -2.02. The molecule has 0 unspecified atom stereocenters. The number of rotatable bonds is 7. The van der Waals surface area contributed by atoms with Crippen molar-refractivity contribution in [1.29, 1.82) is 0 Å². The van der Waals surface area contributed by atoms with Gasteiger partial charge in [0, 0.05) is 12.0 Å². The first kappa shape index (κ1) is 20.1. The van der Waals surface area contributed by atoms with Crippen LogP contribution >= 0.6 is 0 Å². The molecular formula is C21H22F4O. The lowest BCUT2D eigenvalue weighted by Gasteiger charge is -2.15. The van der Waals surface area contributed by atoms with Gasteiger partial charge >= 0.3 is 6.18 Å². The minimum Gasteiger partial charge on any atom is -0.294 e. The molecule has 0 aliphatic heterocycles. The lowest BCUT2D eigenvalue weighted by Crippen LogP contribution is -2.17. The van der Waals surface area contributed by atoms with Crippen LogP contribution < -0.4 is 0 Å². The number of benzene rings is 2. The first-order chi connectivity index (χ1) is 12.2. The van der Waals surface area contributed by atoms with Crippen LogP contribution in [-0.2, 0) is 19.0 Å². The monoisotopic (exact) mass is 366 g/mol. The van der Waals surface area contributed by atoms with E-state index in [1.807, 2.05) is 31.2 Å². The lowest BCUT2D eigenvalue weighted by molar-refractivity contribution is -0.140. The topological polar surface area (TPSA) is 17.1 Å². The molecule has 140 valence electrons. The third kappa shape index (κ3) is 4.93. The van der Waals surface area contributed by atoms with Gasteiger partial charge in [-0.1, -0.05) is 48.9 Å². The number of alkyl halides is 3. The van der Waals surface area contributed by atoms with Gasteiger partial charge in [0.2, 0.25) is 0 Å². The van der Waals surface area contributed by atoms with E-state index in [9.17, 15) is 22.4 Å². The molecule has 0 amide bonds. The molecule has 0 bridgehead atoms. The molecule has 2 rings (SSSR count). The van der Waals surface area contributed by atoms with E-state index < -0.39 is 28.9 Å². The number of aryl methyl sites for hydroxylation is 3. The number of hydrogen-bond donors (Lipinski definition) is 0.